The molecule has 0 heterocycles. The van der Waals surface area contributed by atoms with E-state index in [0.717, 1.165) is 42.8 Å². The van der Waals surface area contributed by atoms with Crippen molar-refractivity contribution in [2.24, 2.45) is 0 Å². The average Bonchev–Trinajstić information content (AvgIpc) is 2.33. The average molecular weight is 293 g/mol. The minimum atomic E-state index is -0.715. The molecule has 0 atom stereocenters. The largest absolute Gasteiger partial charge is 0.488 e. The van der Waals surface area contributed by atoms with Gasteiger partial charge in [-0.1, -0.05) is 6.42 Å². The lowest BCUT2D eigenvalue weighted by molar-refractivity contribution is -0.137. The molecule has 4 heteroatoms. The first kappa shape index (κ1) is 17.3. The summed E-state index contributed by atoms with van der Waals surface area (Å²) in [5, 5.41) is 12.0. The first-order chi connectivity index (χ1) is 9.78. The van der Waals surface area contributed by atoms with Crippen LogP contribution in [0.4, 0.5) is 5.69 Å². The number of hydrogen-bond acceptors (Lipinski definition) is 3. The standard InChI is InChI=1S/C17H27NO3/c1-13-12-14(21-17(2,3)4)9-10-15(13)18-11-7-5-6-8-16(19)20/h9-10,12,18H,5-8,11H2,1-4H3,(H,19,20). The molecule has 0 amide bonds. The summed E-state index contributed by atoms with van der Waals surface area (Å²) < 4.78 is 5.83. The molecule has 0 fully saturated rings. The second-order valence-electron chi connectivity index (χ2n) is 6.32. The van der Waals surface area contributed by atoms with Gasteiger partial charge in [0.05, 0.1) is 0 Å². The highest BCUT2D eigenvalue weighted by Crippen LogP contribution is 2.24. The lowest BCUT2D eigenvalue weighted by atomic mass is 10.1. The summed E-state index contributed by atoms with van der Waals surface area (Å²) in [7, 11) is 0. The maximum Gasteiger partial charge on any atom is 0.303 e. The maximum absolute atomic E-state index is 10.4. The van der Waals surface area contributed by atoms with Crippen LogP contribution in [0.3, 0.4) is 0 Å². The third-order valence-electron chi connectivity index (χ3n) is 3.00. The zero-order chi connectivity index (χ0) is 15.9. The summed E-state index contributed by atoms with van der Waals surface area (Å²) in [6.45, 7) is 9.02. The topological polar surface area (TPSA) is 58.6 Å². The molecule has 0 aliphatic rings. The SMILES string of the molecule is Cc1cc(OC(C)(C)C)ccc1NCCCCCC(=O)O. The number of benzene rings is 1. The van der Waals surface area contributed by atoms with Gasteiger partial charge in [0.25, 0.3) is 0 Å². The Kier molecular flexibility index (Phi) is 6.53. The Bertz CT molecular complexity index is 464. The van der Waals surface area contributed by atoms with Crippen LogP contribution in [0.2, 0.25) is 0 Å². The molecule has 0 saturated carbocycles. The molecule has 118 valence electrons. The quantitative estimate of drug-likeness (QED) is 0.704. The fourth-order valence-corrected chi connectivity index (χ4v) is 2.05. The van der Waals surface area contributed by atoms with Gasteiger partial charge in [-0.3, -0.25) is 4.79 Å². The van der Waals surface area contributed by atoms with E-state index in [1.54, 1.807) is 0 Å². The Morgan fingerprint density at radius 1 is 1.24 bits per heavy atom. The van der Waals surface area contributed by atoms with Crippen LogP contribution in [0.25, 0.3) is 0 Å². The molecule has 0 saturated heterocycles. The second kappa shape index (κ2) is 7.91. The summed E-state index contributed by atoms with van der Waals surface area (Å²) in [5.41, 5.74) is 2.07. The molecule has 0 aliphatic carbocycles. The molecular weight excluding hydrogens is 266 g/mol. The molecule has 0 spiro atoms. The minimum absolute atomic E-state index is 0.189. The highest BCUT2D eigenvalue weighted by Gasteiger charge is 2.12. The fourth-order valence-electron chi connectivity index (χ4n) is 2.05. The van der Waals surface area contributed by atoms with Crippen molar-refractivity contribution in [2.75, 3.05) is 11.9 Å². The van der Waals surface area contributed by atoms with Gasteiger partial charge >= 0.3 is 5.97 Å². The monoisotopic (exact) mass is 293 g/mol. The van der Waals surface area contributed by atoms with E-state index in [9.17, 15) is 4.79 Å². The summed E-state index contributed by atoms with van der Waals surface area (Å²) in [6.07, 6.45) is 2.92. The van der Waals surface area contributed by atoms with Gasteiger partial charge in [0.15, 0.2) is 0 Å². The Morgan fingerprint density at radius 3 is 2.52 bits per heavy atom. The van der Waals surface area contributed by atoms with Crippen LogP contribution in [-0.2, 0) is 4.79 Å². The number of carbonyl (C=O) groups is 1. The normalized spacial score (nSPS) is 11.2. The van der Waals surface area contributed by atoms with E-state index in [1.165, 1.54) is 0 Å². The van der Waals surface area contributed by atoms with E-state index < -0.39 is 5.97 Å². The molecule has 0 aliphatic heterocycles. The number of rotatable bonds is 8. The number of unbranched alkanes of at least 4 members (excludes halogenated alkanes) is 2. The van der Waals surface area contributed by atoms with Gasteiger partial charge in [-0.15, -0.1) is 0 Å². The summed E-state index contributed by atoms with van der Waals surface area (Å²) in [4.78, 5) is 10.4. The number of nitrogens with one attached hydrogen (secondary N) is 1. The van der Waals surface area contributed by atoms with Gasteiger partial charge in [0, 0.05) is 18.7 Å². The minimum Gasteiger partial charge on any atom is -0.488 e. The van der Waals surface area contributed by atoms with Crippen molar-refractivity contribution in [2.45, 2.75) is 59.0 Å². The van der Waals surface area contributed by atoms with Crippen LogP contribution < -0.4 is 10.1 Å². The van der Waals surface area contributed by atoms with Crippen LogP contribution in [0.1, 0.15) is 52.0 Å². The van der Waals surface area contributed by atoms with Gasteiger partial charge in [-0.2, -0.15) is 0 Å². The molecular formula is C17H27NO3. The Morgan fingerprint density at radius 2 is 1.95 bits per heavy atom. The van der Waals surface area contributed by atoms with E-state index in [1.807, 2.05) is 39.0 Å². The number of ether oxygens (including phenoxy) is 1. The summed E-state index contributed by atoms with van der Waals surface area (Å²) in [6, 6.07) is 6.05. The van der Waals surface area contributed by atoms with E-state index in [4.69, 9.17) is 9.84 Å². The number of hydrogen-bond donors (Lipinski definition) is 2. The van der Waals surface area contributed by atoms with Gasteiger partial charge in [0.1, 0.15) is 11.4 Å². The molecule has 1 rings (SSSR count). The molecule has 0 bridgehead atoms. The highest BCUT2D eigenvalue weighted by atomic mass is 16.5. The third-order valence-corrected chi connectivity index (χ3v) is 3.00. The molecule has 2 N–H and O–H groups in total. The van der Waals surface area contributed by atoms with Gasteiger partial charge in [-0.25, -0.2) is 0 Å². The van der Waals surface area contributed by atoms with Crippen LogP contribution >= 0.6 is 0 Å². The number of anilines is 1. The Hall–Kier alpha value is -1.71. The first-order valence-electron chi connectivity index (χ1n) is 7.53. The molecule has 21 heavy (non-hydrogen) atoms. The maximum atomic E-state index is 10.4. The van der Waals surface area contributed by atoms with Gasteiger partial charge < -0.3 is 15.2 Å². The van der Waals surface area contributed by atoms with Crippen molar-refractivity contribution >= 4 is 11.7 Å². The molecule has 0 unspecified atom stereocenters. The van der Waals surface area contributed by atoms with E-state index in [-0.39, 0.29) is 12.0 Å². The van der Waals surface area contributed by atoms with Crippen molar-refractivity contribution in [3.8, 4) is 5.75 Å². The van der Waals surface area contributed by atoms with Gasteiger partial charge in [0.2, 0.25) is 0 Å². The molecule has 4 nitrogen and oxygen atoms in total. The zero-order valence-corrected chi connectivity index (χ0v) is 13.5. The zero-order valence-electron chi connectivity index (χ0n) is 13.5. The predicted octanol–water partition coefficient (Wildman–Crippen LogP) is 4.23. The van der Waals surface area contributed by atoms with E-state index in [2.05, 4.69) is 12.2 Å². The lowest BCUT2D eigenvalue weighted by Gasteiger charge is -2.22. The van der Waals surface area contributed by atoms with Crippen molar-refractivity contribution in [3.05, 3.63) is 23.8 Å². The number of aryl methyl sites for hydroxylation is 1. The van der Waals surface area contributed by atoms with Crippen molar-refractivity contribution < 1.29 is 14.6 Å². The molecule has 1 aromatic carbocycles. The van der Waals surface area contributed by atoms with Crippen molar-refractivity contribution in [1.29, 1.82) is 0 Å². The van der Waals surface area contributed by atoms with Crippen LogP contribution in [-0.4, -0.2) is 23.2 Å². The van der Waals surface area contributed by atoms with Crippen molar-refractivity contribution in [3.63, 3.8) is 0 Å². The van der Waals surface area contributed by atoms with E-state index >= 15 is 0 Å². The number of aliphatic carboxylic acids is 1. The first-order valence-corrected chi connectivity index (χ1v) is 7.53. The van der Waals surface area contributed by atoms with Crippen LogP contribution in [0.5, 0.6) is 5.75 Å². The fraction of sp³-hybridized carbons (Fsp3) is 0.588. The van der Waals surface area contributed by atoms with Crippen molar-refractivity contribution in [1.82, 2.24) is 0 Å². The van der Waals surface area contributed by atoms with E-state index in [0.29, 0.717) is 0 Å². The number of carboxylic acids is 1. The van der Waals surface area contributed by atoms with Crippen LogP contribution in [0, 0.1) is 6.92 Å². The Labute approximate surface area is 127 Å². The molecule has 0 radical (unpaired) electrons. The smallest absolute Gasteiger partial charge is 0.303 e. The number of carboxylic acid groups (broad SMARTS) is 1. The highest BCUT2D eigenvalue weighted by molar-refractivity contribution is 5.66. The summed E-state index contributed by atoms with van der Waals surface area (Å²) in [5.74, 6) is 0.167. The third kappa shape index (κ3) is 7.59. The lowest BCUT2D eigenvalue weighted by Crippen LogP contribution is -2.23. The second-order valence-corrected chi connectivity index (χ2v) is 6.32. The molecule has 1 aromatic rings. The Balaban J connectivity index is 2.37. The summed E-state index contributed by atoms with van der Waals surface area (Å²) >= 11 is 0. The van der Waals surface area contributed by atoms with Gasteiger partial charge in [-0.05, 0) is 64.3 Å². The predicted molar refractivity (Wildman–Crippen MR) is 86.2 cm³/mol. The van der Waals surface area contributed by atoms with Crippen LogP contribution in [0.15, 0.2) is 18.2 Å². The molecule has 0 aromatic heterocycles.